The van der Waals surface area contributed by atoms with Crippen LogP contribution in [0.4, 0.5) is 0 Å². The highest BCUT2D eigenvalue weighted by atomic mass is 16.2. The molecule has 19 heavy (non-hydrogen) atoms. The maximum absolute atomic E-state index is 12.2. The lowest BCUT2D eigenvalue weighted by Gasteiger charge is -2.22. The number of benzene rings is 1. The van der Waals surface area contributed by atoms with Gasteiger partial charge in [-0.05, 0) is 12.5 Å². The van der Waals surface area contributed by atoms with Crippen LogP contribution in [0, 0.1) is 0 Å². The molecule has 0 spiro atoms. The molecular weight excluding hydrogens is 242 g/mol. The van der Waals surface area contributed by atoms with E-state index in [1.165, 1.54) is 17.3 Å². The second-order valence-electron chi connectivity index (χ2n) is 4.32. The van der Waals surface area contributed by atoms with Crippen LogP contribution in [0.1, 0.15) is 39.5 Å². The third-order valence-electron chi connectivity index (χ3n) is 3.21. The van der Waals surface area contributed by atoms with E-state index >= 15 is 0 Å². The maximum Gasteiger partial charge on any atom is 0.282 e. The number of aromatic nitrogens is 2. The number of nitrogens with zero attached hydrogens (tertiary/aromatic N) is 3. The van der Waals surface area contributed by atoms with E-state index in [-0.39, 0.29) is 29.2 Å². The molecule has 0 fully saturated rings. The van der Waals surface area contributed by atoms with Gasteiger partial charge in [-0.25, -0.2) is 9.97 Å². The van der Waals surface area contributed by atoms with E-state index < -0.39 is 0 Å². The first-order valence-electron chi connectivity index (χ1n) is 5.94. The van der Waals surface area contributed by atoms with Gasteiger partial charge in [0.25, 0.3) is 11.8 Å². The summed E-state index contributed by atoms with van der Waals surface area (Å²) in [5, 5.41) is 0. The van der Waals surface area contributed by atoms with Crippen molar-refractivity contribution in [2.24, 2.45) is 0 Å². The Morgan fingerprint density at radius 3 is 2.00 bits per heavy atom. The van der Waals surface area contributed by atoms with Crippen molar-refractivity contribution >= 4 is 11.8 Å². The van der Waals surface area contributed by atoms with E-state index in [0.29, 0.717) is 0 Å². The van der Waals surface area contributed by atoms with Gasteiger partial charge < -0.3 is 0 Å². The summed E-state index contributed by atoms with van der Waals surface area (Å²) in [5.41, 5.74) is 1.17. The summed E-state index contributed by atoms with van der Waals surface area (Å²) in [4.78, 5) is 33.5. The molecule has 1 aromatic carbocycles. The Labute approximate surface area is 109 Å². The zero-order chi connectivity index (χ0) is 13.4. The molecule has 2 heterocycles. The summed E-state index contributed by atoms with van der Waals surface area (Å²) in [6.07, 6.45) is 2.83. The van der Waals surface area contributed by atoms with Crippen molar-refractivity contribution < 1.29 is 9.59 Å². The average Bonchev–Trinajstić information content (AvgIpc) is 2.72. The van der Waals surface area contributed by atoms with Gasteiger partial charge in [0, 0.05) is 12.4 Å². The normalized spacial score (nSPS) is 15.5. The average molecular weight is 253 g/mol. The molecule has 0 bridgehead atoms. The van der Waals surface area contributed by atoms with Gasteiger partial charge >= 0.3 is 0 Å². The minimum absolute atomic E-state index is 0.135. The van der Waals surface area contributed by atoms with Crippen molar-refractivity contribution in [2.45, 2.75) is 13.0 Å². The number of hydrogen-bond acceptors (Lipinski definition) is 4. The second kappa shape index (κ2) is 4.28. The van der Waals surface area contributed by atoms with Crippen LogP contribution in [0.2, 0.25) is 0 Å². The standard InChI is InChI=1S/C14H11N3O2/c1-9(10-5-3-2-4-6-10)17-13(18)11-12(14(17)19)16-8-7-15-11/h2-9H,1H3/t9-/m1/s1. The van der Waals surface area contributed by atoms with Crippen molar-refractivity contribution in [3.8, 4) is 0 Å². The number of amides is 2. The monoisotopic (exact) mass is 253 g/mol. The topological polar surface area (TPSA) is 63.2 Å². The first-order valence-corrected chi connectivity index (χ1v) is 5.94. The molecule has 1 aliphatic rings. The minimum atomic E-state index is -0.385. The van der Waals surface area contributed by atoms with Crippen molar-refractivity contribution in [3.63, 3.8) is 0 Å². The van der Waals surface area contributed by atoms with Crippen LogP contribution in [0.15, 0.2) is 42.7 Å². The van der Waals surface area contributed by atoms with Gasteiger partial charge in [0.2, 0.25) is 0 Å². The molecule has 0 N–H and O–H groups in total. The molecule has 0 radical (unpaired) electrons. The van der Waals surface area contributed by atoms with Crippen LogP contribution in [0.5, 0.6) is 0 Å². The summed E-state index contributed by atoms with van der Waals surface area (Å²) >= 11 is 0. The number of rotatable bonds is 2. The van der Waals surface area contributed by atoms with Gasteiger partial charge in [-0.2, -0.15) is 0 Å². The molecule has 0 aliphatic carbocycles. The quantitative estimate of drug-likeness (QED) is 0.766. The molecule has 0 saturated heterocycles. The summed E-state index contributed by atoms with van der Waals surface area (Å²) in [6.45, 7) is 1.82. The Bertz CT molecular complexity index is 620. The predicted molar refractivity (Wildman–Crippen MR) is 67.4 cm³/mol. The highest BCUT2D eigenvalue weighted by Gasteiger charge is 2.41. The molecule has 0 saturated carbocycles. The van der Waals surface area contributed by atoms with Crippen LogP contribution in [-0.4, -0.2) is 26.7 Å². The number of fused-ring (bicyclic) bond motifs is 1. The van der Waals surface area contributed by atoms with Gasteiger partial charge in [0.15, 0.2) is 11.4 Å². The van der Waals surface area contributed by atoms with E-state index in [4.69, 9.17) is 0 Å². The second-order valence-corrected chi connectivity index (χ2v) is 4.32. The molecule has 5 nitrogen and oxygen atoms in total. The molecule has 5 heteroatoms. The summed E-state index contributed by atoms with van der Waals surface area (Å²) in [6, 6.07) is 9.07. The molecular formula is C14H11N3O2. The van der Waals surface area contributed by atoms with E-state index in [1.807, 2.05) is 37.3 Å². The zero-order valence-corrected chi connectivity index (χ0v) is 10.3. The van der Waals surface area contributed by atoms with Crippen LogP contribution >= 0.6 is 0 Å². The zero-order valence-electron chi connectivity index (χ0n) is 10.3. The fraction of sp³-hybridized carbons (Fsp3) is 0.143. The third-order valence-corrected chi connectivity index (χ3v) is 3.21. The highest BCUT2D eigenvalue weighted by Crippen LogP contribution is 2.28. The summed E-state index contributed by atoms with van der Waals surface area (Å²) in [7, 11) is 0. The van der Waals surface area contributed by atoms with Gasteiger partial charge in [-0.3, -0.25) is 14.5 Å². The van der Waals surface area contributed by atoms with E-state index in [9.17, 15) is 9.59 Å². The first-order chi connectivity index (χ1) is 9.20. The van der Waals surface area contributed by atoms with E-state index in [2.05, 4.69) is 9.97 Å². The largest absolute Gasteiger partial charge is 0.282 e. The van der Waals surface area contributed by atoms with Crippen LogP contribution in [0.25, 0.3) is 0 Å². The lowest BCUT2D eigenvalue weighted by Crippen LogP contribution is -2.32. The van der Waals surface area contributed by atoms with Gasteiger partial charge in [-0.1, -0.05) is 30.3 Å². The molecule has 2 amide bonds. The van der Waals surface area contributed by atoms with Crippen LogP contribution in [-0.2, 0) is 0 Å². The molecule has 1 aliphatic heterocycles. The van der Waals surface area contributed by atoms with E-state index in [1.54, 1.807) is 0 Å². The Balaban J connectivity index is 2.01. The summed E-state index contributed by atoms with van der Waals surface area (Å²) < 4.78 is 0. The van der Waals surface area contributed by atoms with Gasteiger partial charge in [0.05, 0.1) is 6.04 Å². The van der Waals surface area contributed by atoms with Crippen LogP contribution in [0.3, 0.4) is 0 Å². The van der Waals surface area contributed by atoms with Gasteiger partial charge in [0.1, 0.15) is 0 Å². The molecule has 1 atom stereocenters. The van der Waals surface area contributed by atoms with E-state index in [0.717, 1.165) is 5.56 Å². The predicted octanol–water partition coefficient (Wildman–Crippen LogP) is 1.83. The fourth-order valence-electron chi connectivity index (χ4n) is 2.20. The number of carbonyl (C=O) groups excluding carboxylic acids is 2. The number of carbonyl (C=O) groups is 2. The number of hydrogen-bond donors (Lipinski definition) is 0. The highest BCUT2D eigenvalue weighted by molar-refractivity contribution is 6.19. The molecule has 3 rings (SSSR count). The SMILES string of the molecule is C[C@H](c1ccccc1)N1C(=O)c2nccnc2C1=O. The molecule has 2 aromatic rings. The van der Waals surface area contributed by atoms with Crippen LogP contribution < -0.4 is 0 Å². The van der Waals surface area contributed by atoms with Crippen molar-refractivity contribution in [1.29, 1.82) is 0 Å². The van der Waals surface area contributed by atoms with Gasteiger partial charge in [-0.15, -0.1) is 0 Å². The molecule has 94 valence electrons. The lowest BCUT2D eigenvalue weighted by atomic mass is 10.1. The molecule has 1 aromatic heterocycles. The Hall–Kier alpha value is -2.56. The van der Waals surface area contributed by atoms with Crippen molar-refractivity contribution in [3.05, 3.63) is 59.7 Å². The Kier molecular flexibility index (Phi) is 2.59. The van der Waals surface area contributed by atoms with Crippen molar-refractivity contribution in [2.75, 3.05) is 0 Å². The maximum atomic E-state index is 12.2. The first kappa shape index (κ1) is 11.5. The summed E-state index contributed by atoms with van der Waals surface area (Å²) in [5.74, 6) is -0.770. The smallest absolute Gasteiger partial charge is 0.267 e. The van der Waals surface area contributed by atoms with Crippen molar-refractivity contribution in [1.82, 2.24) is 14.9 Å². The third kappa shape index (κ3) is 1.71. The Morgan fingerprint density at radius 2 is 1.47 bits per heavy atom. The Morgan fingerprint density at radius 1 is 0.947 bits per heavy atom. The fourth-order valence-corrected chi connectivity index (χ4v) is 2.20. The minimum Gasteiger partial charge on any atom is -0.267 e. The lowest BCUT2D eigenvalue weighted by molar-refractivity contribution is 0.0591. The molecule has 0 unspecified atom stereocenters. The number of imide groups is 1.